The van der Waals surface area contributed by atoms with E-state index in [9.17, 15) is 14.4 Å². The minimum atomic E-state index is -1.80. The van der Waals surface area contributed by atoms with Crippen LogP contribution in [0.5, 0.6) is 0 Å². The Labute approximate surface area is 123 Å². The highest BCUT2D eigenvalue weighted by molar-refractivity contribution is 6.67. The lowest BCUT2D eigenvalue weighted by molar-refractivity contribution is -0.148. The number of alkyl halides is 3. The van der Waals surface area contributed by atoms with E-state index >= 15 is 0 Å². The van der Waals surface area contributed by atoms with Gasteiger partial charge in [-0.25, -0.2) is 9.59 Å². The summed E-state index contributed by atoms with van der Waals surface area (Å²) in [6.45, 7) is 0.337. The van der Waals surface area contributed by atoms with E-state index in [4.69, 9.17) is 39.9 Å². The molecule has 0 bridgehead atoms. The smallest absolute Gasteiger partial charge is 0.413 e. The first-order valence-corrected chi connectivity index (χ1v) is 6.16. The van der Waals surface area contributed by atoms with Crippen molar-refractivity contribution in [3.8, 4) is 0 Å². The molecule has 0 spiro atoms. The summed E-state index contributed by atoms with van der Waals surface area (Å²) >= 11 is 16.2. The van der Waals surface area contributed by atoms with Crippen LogP contribution in [-0.4, -0.2) is 51.2 Å². The van der Waals surface area contributed by atoms with E-state index in [1.807, 2.05) is 0 Å². The Hall–Kier alpha value is -0.920. The summed E-state index contributed by atoms with van der Waals surface area (Å²) in [4.78, 5) is 34.8. The van der Waals surface area contributed by atoms with Crippen molar-refractivity contribution in [2.24, 2.45) is 5.92 Å². The number of carboxylic acids is 1. The van der Waals surface area contributed by atoms with Crippen LogP contribution in [0.25, 0.3) is 0 Å². The first kappa shape index (κ1) is 16.1. The van der Waals surface area contributed by atoms with Gasteiger partial charge in [-0.05, 0) is 6.92 Å². The third-order valence-electron chi connectivity index (χ3n) is 2.38. The van der Waals surface area contributed by atoms with Gasteiger partial charge in [0.05, 0.1) is 5.92 Å². The first-order chi connectivity index (χ1) is 8.63. The molecule has 0 aromatic heterocycles. The number of halogens is 3. The van der Waals surface area contributed by atoms with E-state index in [0.29, 0.717) is 0 Å². The molecule has 10 heteroatoms. The zero-order valence-electron chi connectivity index (χ0n) is 9.64. The highest BCUT2D eigenvalue weighted by Crippen LogP contribution is 2.27. The van der Waals surface area contributed by atoms with Gasteiger partial charge in [-0.15, -0.1) is 0 Å². The van der Waals surface area contributed by atoms with Crippen molar-refractivity contribution in [3.63, 3.8) is 0 Å². The molecule has 1 aliphatic rings. The number of amides is 1. The fourth-order valence-electron chi connectivity index (χ4n) is 1.43. The number of rotatable bonds is 3. The summed E-state index contributed by atoms with van der Waals surface area (Å²) in [5.74, 6) is -3.21. The number of ether oxygens (including phenoxy) is 2. The molecule has 1 N–H and O–H groups in total. The molecule has 19 heavy (non-hydrogen) atoms. The maximum atomic E-state index is 11.7. The number of hydrogen-bond donors (Lipinski definition) is 1. The van der Waals surface area contributed by atoms with Crippen LogP contribution in [0, 0.1) is 5.92 Å². The normalized spacial score (nSPS) is 20.9. The van der Waals surface area contributed by atoms with E-state index in [1.54, 1.807) is 0 Å². The Morgan fingerprint density at radius 1 is 1.58 bits per heavy atom. The van der Waals surface area contributed by atoms with Crippen molar-refractivity contribution in [2.45, 2.75) is 16.8 Å². The van der Waals surface area contributed by atoms with Gasteiger partial charge in [0.15, 0.2) is 6.73 Å². The zero-order chi connectivity index (χ0) is 14.8. The maximum absolute atomic E-state index is 11.7. The molecule has 108 valence electrons. The standard InChI is InChI=1S/C9H10Cl3NO6/c1-4(6(14)15)5-7(16)19-3-13(5)8(17)18-2-9(10,11)12/h4-5H,2-3H2,1H3,(H,14,15). The number of carboxylic acid groups (broad SMARTS) is 1. The van der Waals surface area contributed by atoms with Gasteiger partial charge in [-0.3, -0.25) is 9.69 Å². The molecule has 0 radical (unpaired) electrons. The first-order valence-electron chi connectivity index (χ1n) is 5.03. The molecule has 0 saturated carbocycles. The van der Waals surface area contributed by atoms with E-state index in [2.05, 4.69) is 9.47 Å². The number of carbonyl (C=O) groups is 3. The quantitative estimate of drug-likeness (QED) is 0.619. The van der Waals surface area contributed by atoms with Gasteiger partial charge in [0, 0.05) is 0 Å². The van der Waals surface area contributed by atoms with E-state index in [1.165, 1.54) is 6.92 Å². The third kappa shape index (κ3) is 4.29. The molecule has 7 nitrogen and oxygen atoms in total. The summed E-state index contributed by atoms with van der Waals surface area (Å²) in [7, 11) is 0. The van der Waals surface area contributed by atoms with Crippen LogP contribution in [0.1, 0.15) is 6.92 Å². The average Bonchev–Trinajstić information content (AvgIpc) is 2.65. The van der Waals surface area contributed by atoms with Crippen LogP contribution >= 0.6 is 34.8 Å². The molecule has 2 atom stereocenters. The molecule has 0 aliphatic carbocycles. The van der Waals surface area contributed by atoms with Crippen molar-refractivity contribution in [2.75, 3.05) is 13.3 Å². The van der Waals surface area contributed by atoms with Crippen LogP contribution in [0.4, 0.5) is 4.79 Å². The molecule has 1 fully saturated rings. The van der Waals surface area contributed by atoms with E-state index in [0.717, 1.165) is 4.90 Å². The Morgan fingerprint density at radius 2 is 2.16 bits per heavy atom. The van der Waals surface area contributed by atoms with Crippen LogP contribution in [0.15, 0.2) is 0 Å². The topological polar surface area (TPSA) is 93.1 Å². The minimum absolute atomic E-state index is 0.403. The van der Waals surface area contributed by atoms with Crippen molar-refractivity contribution < 1.29 is 29.0 Å². The molecule has 1 aliphatic heterocycles. The van der Waals surface area contributed by atoms with Crippen LogP contribution in [0.3, 0.4) is 0 Å². The molecule has 1 heterocycles. The second-order valence-electron chi connectivity index (χ2n) is 3.80. The van der Waals surface area contributed by atoms with Gasteiger partial charge in [-0.1, -0.05) is 34.8 Å². The summed E-state index contributed by atoms with van der Waals surface area (Å²) in [6.07, 6.45) is -0.990. The van der Waals surface area contributed by atoms with Crippen LogP contribution < -0.4 is 0 Å². The van der Waals surface area contributed by atoms with Gasteiger partial charge in [0.1, 0.15) is 12.6 Å². The van der Waals surface area contributed by atoms with Crippen LogP contribution in [-0.2, 0) is 19.1 Å². The number of carbonyl (C=O) groups excluding carboxylic acids is 2. The predicted octanol–water partition coefficient (Wildman–Crippen LogP) is 1.40. The Morgan fingerprint density at radius 3 is 2.63 bits per heavy atom. The number of cyclic esters (lactones) is 1. The molecule has 0 aromatic rings. The second kappa shape index (κ2) is 6.02. The number of esters is 1. The van der Waals surface area contributed by atoms with E-state index in [-0.39, 0.29) is 0 Å². The van der Waals surface area contributed by atoms with Crippen molar-refractivity contribution in [1.82, 2.24) is 4.90 Å². The Balaban J connectivity index is 2.73. The highest BCUT2D eigenvalue weighted by atomic mass is 35.6. The van der Waals surface area contributed by atoms with Gasteiger partial charge >= 0.3 is 18.0 Å². The molecule has 0 aromatic carbocycles. The SMILES string of the molecule is CC(C(=O)O)C1C(=O)OCN1C(=O)OCC(Cl)(Cl)Cl. The number of nitrogens with zero attached hydrogens (tertiary/aromatic N) is 1. The monoisotopic (exact) mass is 333 g/mol. The molecule has 1 amide bonds. The highest BCUT2D eigenvalue weighted by Gasteiger charge is 2.45. The summed E-state index contributed by atoms with van der Waals surface area (Å²) in [5.41, 5.74) is 0. The lowest BCUT2D eigenvalue weighted by atomic mass is 10.0. The Bertz CT molecular complexity index is 396. The second-order valence-corrected chi connectivity index (χ2v) is 6.32. The van der Waals surface area contributed by atoms with Gasteiger partial charge in [0.25, 0.3) is 0 Å². The summed E-state index contributed by atoms with van der Waals surface area (Å²) in [5, 5.41) is 8.87. The van der Waals surface area contributed by atoms with Gasteiger partial charge < -0.3 is 14.6 Å². The van der Waals surface area contributed by atoms with E-state index < -0.39 is 47.1 Å². The predicted molar refractivity (Wildman–Crippen MR) is 65.0 cm³/mol. The minimum Gasteiger partial charge on any atom is -0.481 e. The zero-order valence-corrected chi connectivity index (χ0v) is 11.9. The third-order valence-corrected chi connectivity index (χ3v) is 2.71. The fourth-order valence-corrected chi connectivity index (χ4v) is 1.59. The summed E-state index contributed by atoms with van der Waals surface area (Å²) < 4.78 is 7.49. The maximum Gasteiger partial charge on any atom is 0.413 e. The van der Waals surface area contributed by atoms with Crippen LogP contribution in [0.2, 0.25) is 0 Å². The van der Waals surface area contributed by atoms with Crippen molar-refractivity contribution in [1.29, 1.82) is 0 Å². The summed E-state index contributed by atoms with van der Waals surface area (Å²) in [6, 6.07) is -1.26. The fraction of sp³-hybridized carbons (Fsp3) is 0.667. The molecule has 1 saturated heterocycles. The Kier molecular flexibility index (Phi) is 5.11. The largest absolute Gasteiger partial charge is 0.481 e. The number of hydrogen-bond acceptors (Lipinski definition) is 5. The lowest BCUT2D eigenvalue weighted by Crippen LogP contribution is -2.45. The average molecular weight is 335 g/mol. The lowest BCUT2D eigenvalue weighted by Gasteiger charge is -2.23. The number of aliphatic carboxylic acids is 1. The van der Waals surface area contributed by atoms with Crippen molar-refractivity contribution in [3.05, 3.63) is 0 Å². The molecule has 1 rings (SSSR count). The molecular formula is C9H10Cl3NO6. The molecular weight excluding hydrogens is 324 g/mol. The van der Waals surface area contributed by atoms with Gasteiger partial charge in [-0.2, -0.15) is 0 Å². The van der Waals surface area contributed by atoms with Crippen molar-refractivity contribution >= 4 is 52.8 Å². The van der Waals surface area contributed by atoms with Gasteiger partial charge in [0.2, 0.25) is 3.79 Å². The molecule has 2 unspecified atom stereocenters.